The molecule has 3 aromatic rings. The molecule has 2 atom stereocenters. The number of rotatable bonds is 10. The summed E-state index contributed by atoms with van der Waals surface area (Å²) in [5, 5.41) is 9.36. The highest BCUT2D eigenvalue weighted by Crippen LogP contribution is 2.37. The highest BCUT2D eigenvalue weighted by atomic mass is 32.2. The number of aromatic amines is 1. The molecule has 10 heteroatoms. The summed E-state index contributed by atoms with van der Waals surface area (Å²) in [6, 6.07) is 13.5. The van der Waals surface area contributed by atoms with E-state index in [0.717, 1.165) is 48.1 Å². The molecule has 0 spiro atoms. The van der Waals surface area contributed by atoms with E-state index in [1.807, 2.05) is 47.5 Å². The van der Waals surface area contributed by atoms with Crippen molar-refractivity contribution >= 4 is 35.4 Å². The van der Waals surface area contributed by atoms with Gasteiger partial charge in [0.15, 0.2) is 17.8 Å². The van der Waals surface area contributed by atoms with Crippen LogP contribution in [0, 0.1) is 0 Å². The van der Waals surface area contributed by atoms with E-state index < -0.39 is 5.37 Å². The van der Waals surface area contributed by atoms with Gasteiger partial charge in [0.2, 0.25) is 0 Å². The highest BCUT2D eigenvalue weighted by Gasteiger charge is 2.32. The van der Waals surface area contributed by atoms with Crippen molar-refractivity contribution in [3.8, 4) is 11.5 Å². The number of imidazole rings is 1. The minimum atomic E-state index is -0.397. The van der Waals surface area contributed by atoms with Crippen LogP contribution in [0.15, 0.2) is 60.1 Å². The first-order valence-corrected chi connectivity index (χ1v) is 14.2. The lowest BCUT2D eigenvalue weighted by atomic mass is 10.0. The van der Waals surface area contributed by atoms with E-state index in [4.69, 9.17) is 14.6 Å². The second kappa shape index (κ2) is 12.4. The average molecular weight is 548 g/mol. The third-order valence-corrected chi connectivity index (χ3v) is 8.50. The summed E-state index contributed by atoms with van der Waals surface area (Å²) < 4.78 is 11.9. The number of nitrogens with zero attached hydrogens (tertiary/aromatic N) is 3. The van der Waals surface area contributed by atoms with Crippen LogP contribution in [0.25, 0.3) is 0 Å². The summed E-state index contributed by atoms with van der Waals surface area (Å²) in [6.07, 6.45) is 9.44. The van der Waals surface area contributed by atoms with Gasteiger partial charge in [0.05, 0.1) is 43.2 Å². The molecule has 2 aliphatic rings. The number of carbonyl (C=O) groups excluding carboxylic acids is 2. The van der Waals surface area contributed by atoms with E-state index in [-0.39, 0.29) is 17.3 Å². The van der Waals surface area contributed by atoms with Gasteiger partial charge in [-0.05, 0) is 68.0 Å². The van der Waals surface area contributed by atoms with Crippen molar-refractivity contribution in [3.05, 3.63) is 71.8 Å². The standard InChI is InChI=1S/C29H33N5O4S/c1-3-26-28(20-10-13-24(37-2)25(14-20)38-22-6-4-5-7-22)33-34(27(17-35)39-26)16-19-8-11-21(12-9-19)32-29(36)23-15-30-18-31-23/h8-15,17-18,22,26-27H,3-7,16H2,1-2H3,(H,30,31)(H,32,36). The van der Waals surface area contributed by atoms with Crippen LogP contribution in [0.4, 0.5) is 5.69 Å². The van der Waals surface area contributed by atoms with Crippen molar-refractivity contribution in [1.29, 1.82) is 0 Å². The molecule has 2 aromatic carbocycles. The van der Waals surface area contributed by atoms with E-state index in [0.29, 0.717) is 23.7 Å². The van der Waals surface area contributed by atoms with Crippen molar-refractivity contribution in [2.45, 2.75) is 62.3 Å². The molecule has 0 radical (unpaired) electrons. The Hall–Kier alpha value is -3.79. The summed E-state index contributed by atoms with van der Waals surface area (Å²) >= 11 is 1.61. The molecule has 9 nitrogen and oxygen atoms in total. The van der Waals surface area contributed by atoms with Crippen LogP contribution in [0.1, 0.15) is 60.6 Å². The Labute approximate surface area is 232 Å². The van der Waals surface area contributed by atoms with Crippen LogP contribution in [0.2, 0.25) is 0 Å². The van der Waals surface area contributed by atoms with E-state index in [1.54, 1.807) is 18.9 Å². The molecule has 2 heterocycles. The average Bonchev–Trinajstić information content (AvgIpc) is 3.69. The van der Waals surface area contributed by atoms with Gasteiger partial charge in [-0.15, -0.1) is 11.8 Å². The predicted molar refractivity (Wildman–Crippen MR) is 152 cm³/mol. The molecule has 1 fully saturated rings. The van der Waals surface area contributed by atoms with Gasteiger partial charge in [-0.25, -0.2) is 4.98 Å². The number of aromatic nitrogens is 2. The number of nitrogens with one attached hydrogen (secondary N) is 2. The molecule has 204 valence electrons. The van der Waals surface area contributed by atoms with Crippen molar-refractivity contribution in [3.63, 3.8) is 0 Å². The molecule has 2 N–H and O–H groups in total. The Kier molecular flexibility index (Phi) is 8.51. The first-order valence-electron chi connectivity index (χ1n) is 13.3. The van der Waals surface area contributed by atoms with Gasteiger partial charge in [0, 0.05) is 11.3 Å². The Morgan fingerprint density at radius 3 is 2.64 bits per heavy atom. The Bertz CT molecular complexity index is 1310. The molecule has 0 bridgehead atoms. The van der Waals surface area contributed by atoms with Crippen LogP contribution in [-0.2, 0) is 11.3 Å². The number of H-pyrrole nitrogens is 1. The quantitative estimate of drug-likeness (QED) is 0.334. The van der Waals surface area contributed by atoms with Crippen LogP contribution in [0.3, 0.4) is 0 Å². The Morgan fingerprint density at radius 1 is 1.18 bits per heavy atom. The zero-order valence-electron chi connectivity index (χ0n) is 22.1. The minimum Gasteiger partial charge on any atom is -0.493 e. The van der Waals surface area contributed by atoms with Crippen LogP contribution >= 0.6 is 11.8 Å². The van der Waals surface area contributed by atoms with E-state index >= 15 is 0 Å². The zero-order chi connectivity index (χ0) is 27.2. The minimum absolute atomic E-state index is 0.0734. The monoisotopic (exact) mass is 547 g/mol. The summed E-state index contributed by atoms with van der Waals surface area (Å²) in [5.41, 5.74) is 3.92. The van der Waals surface area contributed by atoms with Gasteiger partial charge in [-0.2, -0.15) is 5.10 Å². The molecule has 1 amide bonds. The molecule has 1 saturated carbocycles. The molecule has 0 saturated heterocycles. The lowest BCUT2D eigenvalue weighted by Crippen LogP contribution is -2.39. The molecule has 1 aliphatic heterocycles. The SMILES string of the molecule is CCC1SC(C=O)N(Cc2ccc(NC(=O)c3cnc[nH]3)cc2)N=C1c1ccc(OC)c(OC2CCCC2)c1. The van der Waals surface area contributed by atoms with Crippen molar-refractivity contribution < 1.29 is 19.1 Å². The number of hydrogen-bond donors (Lipinski definition) is 2. The number of thioether (sulfide) groups is 1. The number of hydrogen-bond acceptors (Lipinski definition) is 8. The van der Waals surface area contributed by atoms with Crippen molar-refractivity contribution in [2.75, 3.05) is 12.4 Å². The molecule has 1 aliphatic carbocycles. The number of anilines is 1. The third kappa shape index (κ3) is 6.27. The van der Waals surface area contributed by atoms with Crippen LogP contribution < -0.4 is 14.8 Å². The fourth-order valence-corrected chi connectivity index (χ4v) is 6.06. The maximum Gasteiger partial charge on any atom is 0.273 e. The molecule has 5 rings (SSSR count). The molecular weight excluding hydrogens is 514 g/mol. The van der Waals surface area contributed by atoms with Gasteiger partial charge in [-0.3, -0.25) is 9.80 Å². The summed E-state index contributed by atoms with van der Waals surface area (Å²) in [7, 11) is 1.66. The van der Waals surface area contributed by atoms with Crippen molar-refractivity contribution in [1.82, 2.24) is 15.0 Å². The molecule has 2 unspecified atom stereocenters. The highest BCUT2D eigenvalue weighted by molar-refractivity contribution is 8.01. The smallest absolute Gasteiger partial charge is 0.273 e. The van der Waals surface area contributed by atoms with Gasteiger partial charge in [-0.1, -0.05) is 19.1 Å². The molecule has 1 aromatic heterocycles. The van der Waals surface area contributed by atoms with E-state index in [1.165, 1.54) is 25.4 Å². The lowest BCUT2D eigenvalue weighted by Gasteiger charge is -2.35. The van der Waals surface area contributed by atoms with Crippen LogP contribution in [-0.4, -0.2) is 56.7 Å². The number of hydrazone groups is 1. The van der Waals surface area contributed by atoms with Crippen molar-refractivity contribution in [2.24, 2.45) is 5.10 Å². The lowest BCUT2D eigenvalue weighted by molar-refractivity contribution is -0.110. The zero-order valence-corrected chi connectivity index (χ0v) is 22.9. The van der Waals surface area contributed by atoms with Gasteiger partial charge in [0.1, 0.15) is 11.1 Å². The van der Waals surface area contributed by atoms with Crippen LogP contribution in [0.5, 0.6) is 11.5 Å². The largest absolute Gasteiger partial charge is 0.493 e. The number of amides is 1. The second-order valence-corrected chi connectivity index (χ2v) is 11.0. The summed E-state index contributed by atoms with van der Waals surface area (Å²) in [4.78, 5) is 31.0. The van der Waals surface area contributed by atoms with E-state index in [2.05, 4.69) is 22.2 Å². The number of ether oxygens (including phenoxy) is 2. The number of aldehydes is 1. The van der Waals surface area contributed by atoms with Gasteiger partial charge < -0.3 is 24.6 Å². The van der Waals surface area contributed by atoms with Gasteiger partial charge >= 0.3 is 0 Å². The maximum atomic E-state index is 12.3. The number of benzene rings is 2. The first-order chi connectivity index (χ1) is 19.1. The first kappa shape index (κ1) is 26.8. The molecular formula is C29H33N5O4S. The predicted octanol–water partition coefficient (Wildman–Crippen LogP) is 5.25. The topological polar surface area (TPSA) is 109 Å². The normalized spacial score (nSPS) is 19.4. The summed E-state index contributed by atoms with van der Waals surface area (Å²) in [5.74, 6) is 1.19. The molecule has 39 heavy (non-hydrogen) atoms. The number of methoxy groups -OCH3 is 1. The number of carbonyl (C=O) groups is 2. The summed E-state index contributed by atoms with van der Waals surface area (Å²) in [6.45, 7) is 2.56. The van der Waals surface area contributed by atoms with E-state index in [9.17, 15) is 9.59 Å². The Balaban J connectivity index is 1.36. The fourth-order valence-electron chi connectivity index (χ4n) is 4.90. The maximum absolute atomic E-state index is 12.3. The fraction of sp³-hybridized carbons (Fsp3) is 0.379. The third-order valence-electron chi connectivity index (χ3n) is 6.98. The Morgan fingerprint density at radius 2 is 1.97 bits per heavy atom. The second-order valence-electron chi connectivity index (χ2n) is 9.65. The van der Waals surface area contributed by atoms with Gasteiger partial charge in [0.25, 0.3) is 5.91 Å².